The second-order valence-corrected chi connectivity index (χ2v) is 7.57. The average molecular weight is 468 g/mol. The Labute approximate surface area is 185 Å². The van der Waals surface area contributed by atoms with Gasteiger partial charge in [0.05, 0.1) is 16.3 Å². The number of hydrogen-bond acceptors (Lipinski definition) is 5. The van der Waals surface area contributed by atoms with Crippen LogP contribution in [-0.4, -0.2) is 53.6 Å². The van der Waals surface area contributed by atoms with E-state index >= 15 is 0 Å². The Bertz CT molecular complexity index is 1070. The molecular weight excluding hydrogens is 451 g/mol. The molecule has 1 unspecified atom stereocenters. The number of alkyl halides is 3. The zero-order chi connectivity index (χ0) is 23.0. The molecule has 0 saturated carbocycles. The molecule has 32 heavy (non-hydrogen) atoms. The Morgan fingerprint density at radius 3 is 2.44 bits per heavy atom. The van der Waals surface area contributed by atoms with Gasteiger partial charge in [0.2, 0.25) is 5.91 Å². The van der Waals surface area contributed by atoms with E-state index in [9.17, 15) is 27.6 Å². The molecule has 168 valence electrons. The van der Waals surface area contributed by atoms with Gasteiger partial charge in [0, 0.05) is 18.8 Å². The lowest BCUT2D eigenvalue weighted by molar-refractivity contribution is -0.163. The van der Waals surface area contributed by atoms with Gasteiger partial charge in [0.1, 0.15) is 6.54 Å². The third kappa shape index (κ3) is 4.21. The summed E-state index contributed by atoms with van der Waals surface area (Å²) in [6.45, 7) is 0.182. The Hall–Kier alpha value is -3.31. The summed E-state index contributed by atoms with van der Waals surface area (Å²) >= 11 is 5.90. The summed E-state index contributed by atoms with van der Waals surface area (Å²) < 4.78 is 38.8. The summed E-state index contributed by atoms with van der Waals surface area (Å²) in [5.41, 5.74) is 2.43. The number of hydrazine groups is 1. The van der Waals surface area contributed by atoms with E-state index in [1.165, 1.54) is 4.90 Å². The first-order valence-corrected chi connectivity index (χ1v) is 9.90. The standard InChI is InChI=1S/C20H17ClF3N5O3/c21-14-7-6-12(20(22,23)24)10-15(14)25-16(30)11-29-18(32)17(31)28-9-8-27(19(28)26-29)13-4-2-1-3-5-13/h1-7,10,19,26H,8-9,11H2,(H,25,30). The topological polar surface area (TPSA) is 85.0 Å². The van der Waals surface area contributed by atoms with Crippen molar-refractivity contribution in [1.29, 1.82) is 0 Å². The predicted octanol–water partition coefficient (Wildman–Crippen LogP) is 2.28. The first-order chi connectivity index (χ1) is 15.1. The van der Waals surface area contributed by atoms with Crippen molar-refractivity contribution in [2.75, 3.05) is 29.9 Å². The molecular formula is C20H17ClF3N5O3. The van der Waals surface area contributed by atoms with Gasteiger partial charge in [0.15, 0.2) is 6.29 Å². The number of para-hydroxylation sites is 1. The molecule has 2 heterocycles. The van der Waals surface area contributed by atoms with E-state index in [-0.39, 0.29) is 10.7 Å². The number of carbonyl (C=O) groups is 3. The highest BCUT2D eigenvalue weighted by Crippen LogP contribution is 2.34. The lowest BCUT2D eigenvalue weighted by atomic mass is 10.2. The van der Waals surface area contributed by atoms with Crippen molar-refractivity contribution in [2.45, 2.75) is 12.5 Å². The molecule has 4 rings (SSSR count). The van der Waals surface area contributed by atoms with Gasteiger partial charge >= 0.3 is 18.0 Å². The van der Waals surface area contributed by atoms with E-state index in [0.717, 1.165) is 22.8 Å². The van der Waals surface area contributed by atoms with Gasteiger partial charge in [-0.25, -0.2) is 0 Å². The highest BCUT2D eigenvalue weighted by atomic mass is 35.5. The molecule has 2 aliphatic rings. The van der Waals surface area contributed by atoms with Crippen LogP contribution in [0.5, 0.6) is 0 Å². The van der Waals surface area contributed by atoms with Gasteiger partial charge in [-0.15, -0.1) is 0 Å². The quantitative estimate of drug-likeness (QED) is 0.674. The number of hydrogen-bond donors (Lipinski definition) is 2. The van der Waals surface area contributed by atoms with Crippen molar-refractivity contribution >= 4 is 40.7 Å². The highest BCUT2D eigenvalue weighted by Gasteiger charge is 2.45. The van der Waals surface area contributed by atoms with Crippen molar-refractivity contribution in [3.63, 3.8) is 0 Å². The van der Waals surface area contributed by atoms with E-state index in [0.29, 0.717) is 19.2 Å². The zero-order valence-electron chi connectivity index (χ0n) is 16.4. The molecule has 0 aliphatic carbocycles. The van der Waals surface area contributed by atoms with Crippen LogP contribution in [0.2, 0.25) is 5.02 Å². The molecule has 0 aromatic heterocycles. The summed E-state index contributed by atoms with van der Waals surface area (Å²) in [6.07, 6.45) is -5.30. The molecule has 0 bridgehead atoms. The fourth-order valence-corrected chi connectivity index (χ4v) is 3.72. The molecule has 2 N–H and O–H groups in total. The lowest BCUT2D eigenvalue weighted by Crippen LogP contribution is -2.68. The molecule has 1 atom stereocenters. The molecule has 0 spiro atoms. The van der Waals surface area contributed by atoms with Crippen LogP contribution in [0.15, 0.2) is 48.5 Å². The molecule has 8 nitrogen and oxygen atoms in total. The Morgan fingerprint density at radius 1 is 1.06 bits per heavy atom. The van der Waals surface area contributed by atoms with Crippen LogP contribution >= 0.6 is 11.6 Å². The molecule has 2 aliphatic heterocycles. The molecule has 2 fully saturated rings. The number of nitrogens with one attached hydrogen (secondary N) is 2. The smallest absolute Gasteiger partial charge is 0.336 e. The second kappa shape index (κ2) is 8.32. The van der Waals surface area contributed by atoms with E-state index < -0.39 is 42.3 Å². The maximum atomic E-state index is 12.9. The normalized spacial score (nSPS) is 18.8. The summed E-state index contributed by atoms with van der Waals surface area (Å²) in [5, 5.41) is 3.01. The maximum Gasteiger partial charge on any atom is 0.416 e. The average Bonchev–Trinajstić information content (AvgIpc) is 3.17. The molecule has 2 saturated heterocycles. The van der Waals surface area contributed by atoms with Crippen molar-refractivity contribution in [3.05, 3.63) is 59.1 Å². The number of nitrogens with zero attached hydrogens (tertiary/aromatic N) is 3. The van der Waals surface area contributed by atoms with Crippen LogP contribution in [-0.2, 0) is 20.6 Å². The number of carbonyl (C=O) groups excluding carboxylic acids is 3. The van der Waals surface area contributed by atoms with Crippen molar-refractivity contribution in [3.8, 4) is 0 Å². The van der Waals surface area contributed by atoms with Gasteiger partial charge in [-0.3, -0.25) is 24.3 Å². The number of rotatable bonds is 4. The monoisotopic (exact) mass is 467 g/mol. The second-order valence-electron chi connectivity index (χ2n) is 7.16. The van der Waals surface area contributed by atoms with Crippen LogP contribution in [0.3, 0.4) is 0 Å². The highest BCUT2D eigenvalue weighted by molar-refractivity contribution is 6.36. The molecule has 2 aromatic rings. The predicted molar refractivity (Wildman–Crippen MR) is 109 cm³/mol. The third-order valence-electron chi connectivity index (χ3n) is 5.09. The summed E-state index contributed by atoms with van der Waals surface area (Å²) in [5.74, 6) is -2.55. The van der Waals surface area contributed by atoms with Crippen LogP contribution in [0, 0.1) is 0 Å². The summed E-state index contributed by atoms with van der Waals surface area (Å²) in [4.78, 5) is 40.7. The first-order valence-electron chi connectivity index (χ1n) is 9.52. The minimum Gasteiger partial charge on any atom is -0.336 e. The Kier molecular flexibility index (Phi) is 5.70. The van der Waals surface area contributed by atoms with Crippen molar-refractivity contribution < 1.29 is 27.6 Å². The molecule has 3 amide bonds. The van der Waals surface area contributed by atoms with Gasteiger partial charge in [0.25, 0.3) is 0 Å². The number of fused-ring (bicyclic) bond motifs is 1. The first kappa shape index (κ1) is 21.9. The summed E-state index contributed by atoms with van der Waals surface area (Å²) in [7, 11) is 0. The molecule has 12 heteroatoms. The van der Waals surface area contributed by atoms with Crippen molar-refractivity contribution in [1.82, 2.24) is 15.3 Å². The zero-order valence-corrected chi connectivity index (χ0v) is 17.2. The van der Waals surface area contributed by atoms with Crippen LogP contribution < -0.4 is 15.6 Å². The maximum absolute atomic E-state index is 12.9. The summed E-state index contributed by atoms with van der Waals surface area (Å²) in [6, 6.07) is 11.7. The molecule has 2 aromatic carbocycles. The SMILES string of the molecule is O=C(CN1NC2N(CCN2c2ccccc2)C(=O)C1=O)Nc1cc(C(F)(F)F)ccc1Cl. The minimum absolute atomic E-state index is 0.0995. The molecule has 0 radical (unpaired) electrons. The number of anilines is 2. The van der Waals surface area contributed by atoms with E-state index in [1.54, 1.807) is 0 Å². The van der Waals surface area contributed by atoms with Crippen LogP contribution in [0.4, 0.5) is 24.5 Å². The van der Waals surface area contributed by atoms with Crippen molar-refractivity contribution in [2.24, 2.45) is 0 Å². The lowest BCUT2D eigenvalue weighted by Gasteiger charge is -2.40. The third-order valence-corrected chi connectivity index (χ3v) is 5.42. The van der Waals surface area contributed by atoms with Crippen LogP contribution in [0.25, 0.3) is 0 Å². The van der Waals surface area contributed by atoms with Gasteiger partial charge in [-0.1, -0.05) is 29.8 Å². The number of halogens is 4. The fourth-order valence-electron chi connectivity index (χ4n) is 3.55. The number of benzene rings is 2. The van der Waals surface area contributed by atoms with Crippen LogP contribution in [0.1, 0.15) is 5.56 Å². The number of amides is 3. The van der Waals surface area contributed by atoms with Gasteiger partial charge < -0.3 is 10.2 Å². The van der Waals surface area contributed by atoms with Gasteiger partial charge in [-0.05, 0) is 30.3 Å². The largest absolute Gasteiger partial charge is 0.416 e. The van der Waals surface area contributed by atoms with E-state index in [4.69, 9.17) is 11.6 Å². The van der Waals surface area contributed by atoms with Gasteiger partial charge in [-0.2, -0.15) is 18.6 Å². The van der Waals surface area contributed by atoms with E-state index in [1.807, 2.05) is 35.2 Å². The van der Waals surface area contributed by atoms with E-state index in [2.05, 4.69) is 10.7 Å². The Balaban J connectivity index is 1.49. The Morgan fingerprint density at radius 2 is 1.75 bits per heavy atom. The minimum atomic E-state index is -4.62. The fraction of sp³-hybridized carbons (Fsp3) is 0.250.